The molecule has 5 heteroatoms. The molecule has 0 saturated heterocycles. The van der Waals surface area contributed by atoms with E-state index in [-0.39, 0.29) is 0 Å². The van der Waals surface area contributed by atoms with E-state index in [2.05, 4.69) is 32.1 Å². The fraction of sp³-hybridized carbons (Fsp3) is 0. The summed E-state index contributed by atoms with van der Waals surface area (Å²) in [5, 5.41) is 14.1. The van der Waals surface area contributed by atoms with Crippen molar-refractivity contribution in [3.63, 3.8) is 0 Å². The van der Waals surface area contributed by atoms with E-state index in [0.717, 1.165) is 15.5 Å². The van der Waals surface area contributed by atoms with Crippen molar-refractivity contribution in [2.75, 3.05) is 0 Å². The van der Waals surface area contributed by atoms with Crippen LogP contribution in [-0.4, -0.2) is 14.8 Å². The molecule has 0 N–H and O–H groups in total. The second-order valence-corrected chi connectivity index (χ2v) is 4.64. The summed E-state index contributed by atoms with van der Waals surface area (Å²) in [6.07, 6.45) is 1.69. The molecule has 2 aromatic heterocycles. The van der Waals surface area contributed by atoms with Crippen molar-refractivity contribution in [3.8, 4) is 11.8 Å². The third-order valence-electron chi connectivity index (χ3n) is 2.60. The second kappa shape index (κ2) is 4.24. The van der Waals surface area contributed by atoms with E-state index in [0.29, 0.717) is 11.3 Å². The monoisotopic (exact) mass is 298 g/mol. The van der Waals surface area contributed by atoms with Crippen LogP contribution in [0.25, 0.3) is 16.7 Å². The number of hydrogen-bond acceptors (Lipinski definition) is 3. The summed E-state index contributed by atoms with van der Waals surface area (Å²) in [5.41, 5.74) is 1.94. The molecule has 18 heavy (non-hydrogen) atoms. The maximum atomic E-state index is 9.09. The van der Waals surface area contributed by atoms with Crippen molar-refractivity contribution in [2.24, 2.45) is 0 Å². The predicted molar refractivity (Wildman–Crippen MR) is 71.3 cm³/mol. The Morgan fingerprint density at radius 1 is 1.22 bits per heavy atom. The van der Waals surface area contributed by atoms with E-state index < -0.39 is 0 Å². The largest absolute Gasteiger partial charge is 0.236 e. The van der Waals surface area contributed by atoms with E-state index in [9.17, 15) is 0 Å². The molecule has 0 aliphatic carbocycles. The summed E-state index contributed by atoms with van der Waals surface area (Å²) < 4.78 is 2.64. The van der Waals surface area contributed by atoms with Crippen molar-refractivity contribution in [1.82, 2.24) is 14.8 Å². The predicted octanol–water partition coefficient (Wildman–Crippen LogP) is 3.05. The number of fused-ring (bicyclic) bond motifs is 1. The number of nitriles is 1. The molecule has 0 amide bonds. The molecule has 2 heterocycles. The molecule has 0 unspecified atom stereocenters. The van der Waals surface area contributed by atoms with Gasteiger partial charge in [-0.3, -0.25) is 0 Å². The summed E-state index contributed by atoms with van der Waals surface area (Å²) in [5.74, 6) is 0. The molecule has 4 nitrogen and oxygen atoms in total. The minimum atomic E-state index is 0.387. The molecule has 0 radical (unpaired) electrons. The van der Waals surface area contributed by atoms with Gasteiger partial charge in [0.05, 0.1) is 11.1 Å². The van der Waals surface area contributed by atoms with Gasteiger partial charge >= 0.3 is 0 Å². The molecule has 0 spiro atoms. The minimum Gasteiger partial charge on any atom is -0.236 e. The standard InChI is InChI=1S/C13H7BrN4/c14-9-3-1-4-10(7-9)18-13-11(5-2-6-16-13)12(8-15)17-18/h1-7H. The van der Waals surface area contributed by atoms with E-state index in [1.807, 2.05) is 30.3 Å². The highest BCUT2D eigenvalue weighted by Gasteiger charge is 2.11. The molecule has 86 valence electrons. The van der Waals surface area contributed by atoms with Crippen molar-refractivity contribution >= 4 is 27.0 Å². The summed E-state index contributed by atoms with van der Waals surface area (Å²) in [7, 11) is 0. The van der Waals surface area contributed by atoms with E-state index in [1.165, 1.54) is 0 Å². The van der Waals surface area contributed by atoms with Gasteiger partial charge < -0.3 is 0 Å². The van der Waals surface area contributed by atoms with E-state index >= 15 is 0 Å². The number of hydrogen-bond donors (Lipinski definition) is 0. The van der Waals surface area contributed by atoms with Crippen LogP contribution in [0.4, 0.5) is 0 Å². The van der Waals surface area contributed by atoms with Gasteiger partial charge in [-0.05, 0) is 30.3 Å². The van der Waals surface area contributed by atoms with Crippen LogP contribution in [0.2, 0.25) is 0 Å². The lowest BCUT2D eigenvalue weighted by molar-refractivity contribution is 0.888. The Labute approximate surface area is 112 Å². The lowest BCUT2D eigenvalue weighted by Gasteiger charge is -2.02. The molecular formula is C13H7BrN4. The fourth-order valence-electron chi connectivity index (χ4n) is 1.82. The van der Waals surface area contributed by atoms with Crippen molar-refractivity contribution in [2.45, 2.75) is 0 Å². The molecule has 0 fully saturated rings. The van der Waals surface area contributed by atoms with E-state index in [4.69, 9.17) is 5.26 Å². The zero-order valence-corrected chi connectivity index (χ0v) is 10.8. The Kier molecular flexibility index (Phi) is 2.58. The average molecular weight is 299 g/mol. The number of nitrogens with zero attached hydrogens (tertiary/aromatic N) is 4. The van der Waals surface area contributed by atoms with Crippen LogP contribution >= 0.6 is 15.9 Å². The van der Waals surface area contributed by atoms with Crippen molar-refractivity contribution in [3.05, 3.63) is 52.8 Å². The molecule has 0 aliphatic heterocycles. The first-order valence-corrected chi connectivity index (χ1v) is 6.08. The van der Waals surface area contributed by atoms with Crippen LogP contribution in [-0.2, 0) is 0 Å². The number of halogens is 1. The smallest absolute Gasteiger partial charge is 0.172 e. The van der Waals surface area contributed by atoms with Crippen LogP contribution in [0.15, 0.2) is 47.1 Å². The van der Waals surface area contributed by atoms with Crippen molar-refractivity contribution in [1.29, 1.82) is 5.26 Å². The van der Waals surface area contributed by atoms with Crippen LogP contribution in [0.5, 0.6) is 0 Å². The fourth-order valence-corrected chi connectivity index (χ4v) is 2.21. The molecule has 0 atom stereocenters. The Morgan fingerprint density at radius 2 is 2.11 bits per heavy atom. The van der Waals surface area contributed by atoms with Crippen LogP contribution in [0, 0.1) is 11.3 Å². The zero-order chi connectivity index (χ0) is 12.5. The van der Waals surface area contributed by atoms with Gasteiger partial charge in [0.1, 0.15) is 6.07 Å². The van der Waals surface area contributed by atoms with Crippen LogP contribution in [0.1, 0.15) is 5.69 Å². The lowest BCUT2D eigenvalue weighted by Crippen LogP contribution is -1.97. The van der Waals surface area contributed by atoms with Gasteiger partial charge in [-0.25, -0.2) is 9.67 Å². The van der Waals surface area contributed by atoms with Gasteiger partial charge in [0, 0.05) is 10.7 Å². The first-order chi connectivity index (χ1) is 8.79. The first kappa shape index (κ1) is 10.9. The maximum absolute atomic E-state index is 9.09. The summed E-state index contributed by atoms with van der Waals surface area (Å²) in [4.78, 5) is 4.29. The Morgan fingerprint density at radius 3 is 2.89 bits per heavy atom. The van der Waals surface area contributed by atoms with Crippen molar-refractivity contribution < 1.29 is 0 Å². The lowest BCUT2D eigenvalue weighted by atomic mass is 10.3. The number of benzene rings is 1. The summed E-state index contributed by atoms with van der Waals surface area (Å²) in [6, 6.07) is 13.5. The molecule has 0 aliphatic rings. The third kappa shape index (κ3) is 1.67. The van der Waals surface area contributed by atoms with Gasteiger partial charge in [-0.2, -0.15) is 10.4 Å². The summed E-state index contributed by atoms with van der Waals surface area (Å²) in [6.45, 7) is 0. The normalized spacial score (nSPS) is 10.4. The molecule has 3 rings (SSSR count). The number of rotatable bonds is 1. The van der Waals surface area contributed by atoms with Gasteiger partial charge in [-0.15, -0.1) is 0 Å². The van der Waals surface area contributed by atoms with Gasteiger partial charge in [0.2, 0.25) is 0 Å². The maximum Gasteiger partial charge on any atom is 0.172 e. The second-order valence-electron chi connectivity index (χ2n) is 3.73. The molecule has 0 saturated carbocycles. The molecule has 3 aromatic rings. The van der Waals surface area contributed by atoms with E-state index in [1.54, 1.807) is 16.9 Å². The summed E-state index contributed by atoms with van der Waals surface area (Å²) >= 11 is 3.42. The number of pyridine rings is 1. The van der Waals surface area contributed by atoms with Gasteiger partial charge in [-0.1, -0.05) is 22.0 Å². The molecular weight excluding hydrogens is 292 g/mol. The zero-order valence-electron chi connectivity index (χ0n) is 9.21. The Balaban J connectivity index is 2.34. The Hall–Kier alpha value is -2.19. The highest BCUT2D eigenvalue weighted by Crippen LogP contribution is 2.21. The minimum absolute atomic E-state index is 0.387. The first-order valence-electron chi connectivity index (χ1n) is 5.29. The Bertz CT molecular complexity index is 770. The third-order valence-corrected chi connectivity index (χ3v) is 3.09. The van der Waals surface area contributed by atoms with Crippen LogP contribution < -0.4 is 0 Å². The highest BCUT2D eigenvalue weighted by atomic mass is 79.9. The van der Waals surface area contributed by atoms with Gasteiger partial charge in [0.15, 0.2) is 11.3 Å². The molecule has 1 aromatic carbocycles. The highest BCUT2D eigenvalue weighted by molar-refractivity contribution is 9.10. The molecule has 0 bridgehead atoms. The SMILES string of the molecule is N#Cc1nn(-c2cccc(Br)c2)c2ncccc12. The number of aromatic nitrogens is 3. The van der Waals surface area contributed by atoms with Crippen LogP contribution in [0.3, 0.4) is 0 Å². The topological polar surface area (TPSA) is 54.5 Å². The van der Waals surface area contributed by atoms with Gasteiger partial charge in [0.25, 0.3) is 0 Å². The average Bonchev–Trinajstić information content (AvgIpc) is 2.77. The quantitative estimate of drug-likeness (QED) is 0.694.